The van der Waals surface area contributed by atoms with Gasteiger partial charge in [0, 0.05) is 0 Å². The van der Waals surface area contributed by atoms with Crippen LogP contribution in [0.4, 0.5) is 0 Å². The van der Waals surface area contributed by atoms with E-state index >= 15 is 0 Å². The average molecular weight is 363 g/mol. The van der Waals surface area contributed by atoms with E-state index in [4.69, 9.17) is 0 Å². The molecule has 3 rings (SSSR count). The maximum atomic E-state index is 2.00. The van der Waals surface area contributed by atoms with E-state index in [2.05, 4.69) is 0 Å². The van der Waals surface area contributed by atoms with Gasteiger partial charge in [-0.15, -0.1) is 0 Å². The van der Waals surface area contributed by atoms with Crippen LogP contribution in [-0.2, 0) is 0 Å². The summed E-state index contributed by atoms with van der Waals surface area (Å²) in [6.45, 7) is 0. The Kier molecular flexibility index (Phi) is 11.8. The molecule has 3 aromatic carbocycles. The fourth-order valence-electron chi connectivity index (χ4n) is 0.962. The van der Waals surface area contributed by atoms with Gasteiger partial charge < -0.3 is 0 Å². The smallest absolute Gasteiger partial charge is 0.214 e. The van der Waals surface area contributed by atoms with E-state index in [1.165, 1.54) is 0 Å². The van der Waals surface area contributed by atoms with Gasteiger partial charge in [0.1, 0.15) is 0 Å². The molecule has 0 heterocycles. The predicted octanol–water partition coefficient (Wildman–Crippen LogP) is 4.22. The fourth-order valence-corrected chi connectivity index (χ4v) is 0.962. The first-order valence-electron chi connectivity index (χ1n) is 5.00. The zero-order valence-corrected chi connectivity index (χ0v) is 10.8. The van der Waals surface area contributed by atoms with Gasteiger partial charge in [0.15, 0.2) is 0 Å². The van der Waals surface area contributed by atoms with Crippen LogP contribution in [0.1, 0.15) is 0 Å². The molecule has 0 saturated heterocycles. The van der Waals surface area contributed by atoms with E-state index in [9.17, 15) is 0 Å². The van der Waals surface area contributed by atoms with E-state index in [0.29, 0.717) is 0 Å². The standard InChI is InChI=1S/3C5H5.Er/c3*1-2-4-5-3-1;/h3*1-5H;/q3*-1;+3. The third-order valence-electron chi connectivity index (χ3n) is 1.67. The Labute approximate surface area is 127 Å². The van der Waals surface area contributed by atoms with Gasteiger partial charge in [0.05, 0.1) is 0 Å². The molecule has 87 valence electrons. The zero-order chi connectivity index (χ0) is 10.6. The molecule has 0 aromatic heterocycles. The molecule has 0 saturated carbocycles. The summed E-state index contributed by atoms with van der Waals surface area (Å²) in [6, 6.07) is 30.0. The van der Waals surface area contributed by atoms with E-state index in [0.717, 1.165) is 0 Å². The Morgan fingerprint density at radius 1 is 0.375 bits per heavy atom. The summed E-state index contributed by atoms with van der Waals surface area (Å²) >= 11 is 0. The minimum absolute atomic E-state index is 0. The van der Waals surface area contributed by atoms with Crippen molar-refractivity contribution < 1.29 is 37.3 Å². The minimum Gasteiger partial charge on any atom is -0.214 e. The van der Waals surface area contributed by atoms with Crippen LogP contribution < -0.4 is 0 Å². The summed E-state index contributed by atoms with van der Waals surface area (Å²) in [5.74, 6) is 0. The normalized spacial score (nSPS) is 7.50. The fraction of sp³-hybridized carbons (Fsp3) is 0. The summed E-state index contributed by atoms with van der Waals surface area (Å²) in [5.41, 5.74) is 0. The molecule has 0 aliphatic rings. The third-order valence-corrected chi connectivity index (χ3v) is 1.67. The van der Waals surface area contributed by atoms with E-state index in [-0.39, 0.29) is 37.3 Å². The van der Waals surface area contributed by atoms with Crippen LogP contribution >= 0.6 is 0 Å². The molecule has 1 radical (unpaired) electrons. The van der Waals surface area contributed by atoms with Gasteiger partial charge >= 0.3 is 37.3 Å². The quantitative estimate of drug-likeness (QED) is 0.525. The molecule has 3 aromatic rings. The van der Waals surface area contributed by atoms with Crippen LogP contribution in [0.3, 0.4) is 0 Å². The predicted molar refractivity (Wildman–Crippen MR) is 66.1 cm³/mol. The molecular formula is C15H15Er. The van der Waals surface area contributed by atoms with Gasteiger partial charge in [-0.3, -0.25) is 0 Å². The SMILES string of the molecule is [Er+3].c1cc[cH-]c1.c1cc[cH-]c1.c1cc[cH-]c1. The Morgan fingerprint density at radius 3 is 0.625 bits per heavy atom. The van der Waals surface area contributed by atoms with Gasteiger partial charge in [0.2, 0.25) is 0 Å². The molecule has 0 unspecified atom stereocenters. The van der Waals surface area contributed by atoms with Crippen molar-refractivity contribution in [2.24, 2.45) is 0 Å². The second-order valence-electron chi connectivity index (χ2n) is 2.89. The summed E-state index contributed by atoms with van der Waals surface area (Å²) in [7, 11) is 0. The maximum Gasteiger partial charge on any atom is 3.00 e. The molecule has 0 aliphatic heterocycles. The van der Waals surface area contributed by atoms with Gasteiger partial charge in [0.25, 0.3) is 0 Å². The number of hydrogen-bond acceptors (Lipinski definition) is 0. The summed E-state index contributed by atoms with van der Waals surface area (Å²) in [5, 5.41) is 0. The topological polar surface area (TPSA) is 0 Å². The molecular weight excluding hydrogens is 347 g/mol. The van der Waals surface area contributed by atoms with Crippen LogP contribution in [0.2, 0.25) is 0 Å². The average Bonchev–Trinajstić information content (AvgIpc) is 3.09. The Morgan fingerprint density at radius 2 is 0.562 bits per heavy atom. The van der Waals surface area contributed by atoms with Crippen LogP contribution in [0.25, 0.3) is 0 Å². The van der Waals surface area contributed by atoms with Gasteiger partial charge in [-0.1, -0.05) is 0 Å². The van der Waals surface area contributed by atoms with Crippen molar-refractivity contribution in [1.82, 2.24) is 0 Å². The molecule has 0 aliphatic carbocycles. The van der Waals surface area contributed by atoms with Crippen LogP contribution in [0, 0.1) is 37.3 Å². The second kappa shape index (κ2) is 12.4. The van der Waals surface area contributed by atoms with Crippen LogP contribution in [0.15, 0.2) is 91.0 Å². The summed E-state index contributed by atoms with van der Waals surface area (Å²) in [4.78, 5) is 0. The largest absolute Gasteiger partial charge is 3.00 e. The van der Waals surface area contributed by atoms with E-state index < -0.39 is 0 Å². The molecule has 0 fully saturated rings. The monoisotopic (exact) mass is 361 g/mol. The van der Waals surface area contributed by atoms with Crippen LogP contribution in [-0.4, -0.2) is 0 Å². The first-order chi connectivity index (χ1) is 7.50. The Balaban J connectivity index is 0.000000205. The minimum atomic E-state index is 0. The molecule has 0 N–H and O–H groups in total. The number of hydrogen-bond donors (Lipinski definition) is 0. The second-order valence-corrected chi connectivity index (χ2v) is 2.89. The molecule has 0 spiro atoms. The van der Waals surface area contributed by atoms with Gasteiger partial charge in [-0.2, -0.15) is 54.6 Å². The molecule has 1 heteroatoms. The molecule has 0 nitrogen and oxygen atoms in total. The van der Waals surface area contributed by atoms with Crippen molar-refractivity contribution in [1.29, 1.82) is 0 Å². The summed E-state index contributed by atoms with van der Waals surface area (Å²) in [6.07, 6.45) is 0. The van der Waals surface area contributed by atoms with Crippen LogP contribution in [0.5, 0.6) is 0 Å². The molecule has 0 amide bonds. The van der Waals surface area contributed by atoms with Crippen molar-refractivity contribution in [3.8, 4) is 0 Å². The first-order valence-corrected chi connectivity index (χ1v) is 5.00. The van der Waals surface area contributed by atoms with Gasteiger partial charge in [-0.25, -0.2) is 36.4 Å². The maximum absolute atomic E-state index is 2.00. The Hall–Kier alpha value is -0.703. The zero-order valence-electron chi connectivity index (χ0n) is 8.95. The van der Waals surface area contributed by atoms with Crippen molar-refractivity contribution in [3.63, 3.8) is 0 Å². The first kappa shape index (κ1) is 15.3. The van der Waals surface area contributed by atoms with Crippen molar-refractivity contribution in [2.45, 2.75) is 0 Å². The van der Waals surface area contributed by atoms with Crippen molar-refractivity contribution in [3.05, 3.63) is 91.0 Å². The van der Waals surface area contributed by atoms with Gasteiger partial charge in [-0.05, 0) is 0 Å². The Bertz CT molecular complexity index is 237. The molecule has 0 bridgehead atoms. The summed E-state index contributed by atoms with van der Waals surface area (Å²) < 4.78 is 0. The molecule has 16 heavy (non-hydrogen) atoms. The van der Waals surface area contributed by atoms with Crippen molar-refractivity contribution in [2.75, 3.05) is 0 Å². The molecule has 0 atom stereocenters. The van der Waals surface area contributed by atoms with Crippen molar-refractivity contribution >= 4 is 0 Å². The van der Waals surface area contributed by atoms with E-state index in [1.807, 2.05) is 91.0 Å². The third kappa shape index (κ3) is 9.84. The number of rotatable bonds is 0. The van der Waals surface area contributed by atoms with E-state index in [1.54, 1.807) is 0 Å².